The summed E-state index contributed by atoms with van der Waals surface area (Å²) in [5.74, 6) is 0.515. The number of aromatic nitrogens is 1. The van der Waals surface area contributed by atoms with E-state index in [2.05, 4.69) is 10.3 Å². The van der Waals surface area contributed by atoms with Crippen LogP contribution in [0, 0.1) is 10.1 Å². The van der Waals surface area contributed by atoms with E-state index in [1.54, 1.807) is 24.5 Å². The van der Waals surface area contributed by atoms with E-state index in [-0.39, 0.29) is 11.5 Å². The number of rotatable bonds is 8. The molecule has 0 unspecified atom stereocenters. The predicted molar refractivity (Wildman–Crippen MR) is 105 cm³/mol. The largest absolute Gasteiger partial charge is 0.489 e. The van der Waals surface area contributed by atoms with Crippen molar-refractivity contribution in [2.24, 2.45) is 0 Å². The highest BCUT2D eigenvalue weighted by atomic mass is 16.6. The Morgan fingerprint density at radius 2 is 1.93 bits per heavy atom. The smallest absolute Gasteiger partial charge is 0.293 e. The number of hydrogen-bond donors (Lipinski definition) is 1. The Balaban J connectivity index is 1.62. The van der Waals surface area contributed by atoms with Crippen LogP contribution in [0.5, 0.6) is 5.75 Å². The fraction of sp³-hybridized carbons (Fsp3) is 0.143. The number of ketones is 1. The minimum atomic E-state index is -0.496. The number of benzene rings is 2. The molecule has 0 aliphatic carbocycles. The van der Waals surface area contributed by atoms with E-state index in [1.165, 1.54) is 13.0 Å². The minimum Gasteiger partial charge on any atom is -0.489 e. The van der Waals surface area contributed by atoms with E-state index in [0.29, 0.717) is 24.4 Å². The minimum absolute atomic E-state index is 0.121. The number of nitrogens with zero attached hydrogens (tertiary/aromatic N) is 2. The van der Waals surface area contributed by atoms with Crippen molar-refractivity contribution in [1.82, 2.24) is 4.98 Å². The van der Waals surface area contributed by atoms with Crippen LogP contribution in [0.3, 0.4) is 0 Å². The lowest BCUT2D eigenvalue weighted by Crippen LogP contribution is -2.04. The topological polar surface area (TPSA) is 94.4 Å². The first-order valence-corrected chi connectivity index (χ1v) is 8.67. The van der Waals surface area contributed by atoms with E-state index >= 15 is 0 Å². The van der Waals surface area contributed by atoms with Gasteiger partial charge < -0.3 is 10.1 Å². The number of pyridine rings is 1. The van der Waals surface area contributed by atoms with Gasteiger partial charge in [0.25, 0.3) is 5.69 Å². The van der Waals surface area contributed by atoms with E-state index in [1.807, 2.05) is 36.4 Å². The fourth-order valence-corrected chi connectivity index (χ4v) is 2.60. The molecule has 0 amide bonds. The molecule has 142 valence electrons. The van der Waals surface area contributed by atoms with Gasteiger partial charge >= 0.3 is 0 Å². The molecular formula is C21H19N3O4. The highest BCUT2D eigenvalue weighted by Crippen LogP contribution is 2.26. The van der Waals surface area contributed by atoms with Gasteiger partial charge in [0.1, 0.15) is 18.0 Å². The molecule has 1 aromatic heterocycles. The lowest BCUT2D eigenvalue weighted by atomic mass is 10.1. The molecule has 1 N–H and O–H groups in total. The Kier molecular flexibility index (Phi) is 5.96. The number of nitro benzene ring substituents is 1. The molecule has 3 aromatic rings. The van der Waals surface area contributed by atoms with Crippen LogP contribution in [-0.2, 0) is 13.2 Å². The molecule has 0 atom stereocenters. The Labute approximate surface area is 162 Å². The van der Waals surface area contributed by atoms with Crippen LogP contribution in [0.1, 0.15) is 28.4 Å². The number of ether oxygens (including phenoxy) is 1. The third kappa shape index (κ3) is 4.91. The molecule has 0 bridgehead atoms. The number of nitrogens with one attached hydrogen (secondary N) is 1. The van der Waals surface area contributed by atoms with Gasteiger partial charge in [-0.25, -0.2) is 0 Å². The van der Waals surface area contributed by atoms with Crippen molar-refractivity contribution in [3.05, 3.63) is 93.8 Å². The zero-order valence-electron chi connectivity index (χ0n) is 15.3. The molecule has 0 saturated heterocycles. The van der Waals surface area contributed by atoms with Crippen LogP contribution in [0.25, 0.3) is 0 Å². The number of nitro groups is 1. The second-order valence-corrected chi connectivity index (χ2v) is 6.19. The third-order valence-corrected chi connectivity index (χ3v) is 4.14. The Hall–Kier alpha value is -3.74. The van der Waals surface area contributed by atoms with Gasteiger partial charge in [0.2, 0.25) is 0 Å². The quantitative estimate of drug-likeness (QED) is 0.356. The molecule has 7 nitrogen and oxygen atoms in total. The van der Waals surface area contributed by atoms with Gasteiger partial charge in [-0.05, 0) is 42.8 Å². The summed E-state index contributed by atoms with van der Waals surface area (Å²) in [5, 5.41) is 14.3. The first-order valence-electron chi connectivity index (χ1n) is 8.67. The first-order chi connectivity index (χ1) is 13.5. The molecule has 1 heterocycles. The van der Waals surface area contributed by atoms with Gasteiger partial charge in [-0.2, -0.15) is 0 Å². The van der Waals surface area contributed by atoms with Gasteiger partial charge in [-0.15, -0.1) is 0 Å². The van der Waals surface area contributed by atoms with Crippen LogP contribution in [-0.4, -0.2) is 15.7 Å². The predicted octanol–water partition coefficient (Wildman–Crippen LogP) is 4.38. The summed E-state index contributed by atoms with van der Waals surface area (Å²) >= 11 is 0. The first kappa shape index (κ1) is 19.0. The summed E-state index contributed by atoms with van der Waals surface area (Å²) in [6.45, 7) is 2.22. The third-order valence-electron chi connectivity index (χ3n) is 4.14. The molecule has 0 radical (unpaired) electrons. The number of hydrogen-bond acceptors (Lipinski definition) is 6. The van der Waals surface area contributed by atoms with Crippen molar-refractivity contribution >= 4 is 17.2 Å². The maximum Gasteiger partial charge on any atom is 0.293 e. The SMILES string of the molecule is CC(=O)c1ccc(NCc2ccc(OCc3cccnc3)cc2)c([N+](=O)[O-])c1. The van der Waals surface area contributed by atoms with E-state index < -0.39 is 4.92 Å². The van der Waals surface area contributed by atoms with Crippen LogP contribution in [0.2, 0.25) is 0 Å². The monoisotopic (exact) mass is 377 g/mol. The maximum atomic E-state index is 11.4. The maximum absolute atomic E-state index is 11.4. The van der Waals surface area contributed by atoms with E-state index in [4.69, 9.17) is 4.74 Å². The van der Waals surface area contributed by atoms with Gasteiger partial charge in [-0.1, -0.05) is 18.2 Å². The van der Waals surface area contributed by atoms with E-state index in [9.17, 15) is 14.9 Å². The number of carbonyl (C=O) groups excluding carboxylic acids is 1. The molecule has 7 heteroatoms. The molecule has 2 aromatic carbocycles. The number of carbonyl (C=O) groups is 1. The summed E-state index contributed by atoms with van der Waals surface area (Å²) in [4.78, 5) is 26.3. The van der Waals surface area contributed by atoms with Crippen molar-refractivity contribution in [2.75, 3.05) is 5.32 Å². The lowest BCUT2D eigenvalue weighted by Gasteiger charge is -2.10. The molecule has 0 fully saturated rings. The zero-order valence-corrected chi connectivity index (χ0v) is 15.3. The summed E-state index contributed by atoms with van der Waals surface area (Å²) in [5.41, 5.74) is 2.48. The summed E-state index contributed by atoms with van der Waals surface area (Å²) in [7, 11) is 0. The van der Waals surface area contributed by atoms with Crippen molar-refractivity contribution < 1.29 is 14.5 Å². The molecule has 28 heavy (non-hydrogen) atoms. The lowest BCUT2D eigenvalue weighted by molar-refractivity contribution is -0.384. The molecule has 0 aliphatic heterocycles. The van der Waals surface area contributed by atoms with Crippen LogP contribution >= 0.6 is 0 Å². The molecule has 0 aliphatic rings. The summed E-state index contributed by atoms with van der Waals surface area (Å²) < 4.78 is 5.71. The van der Waals surface area contributed by atoms with Crippen molar-refractivity contribution in [2.45, 2.75) is 20.1 Å². The average Bonchev–Trinajstić information content (AvgIpc) is 2.72. The second-order valence-electron chi connectivity index (χ2n) is 6.19. The van der Waals surface area contributed by atoms with Gasteiger partial charge in [0.05, 0.1) is 4.92 Å². The van der Waals surface area contributed by atoms with Gasteiger partial charge in [0.15, 0.2) is 5.78 Å². The van der Waals surface area contributed by atoms with Crippen LogP contribution in [0.4, 0.5) is 11.4 Å². The summed E-state index contributed by atoms with van der Waals surface area (Å²) in [6, 6.07) is 15.7. The van der Waals surface area contributed by atoms with Crippen molar-refractivity contribution in [1.29, 1.82) is 0 Å². The number of anilines is 1. The average molecular weight is 377 g/mol. The highest BCUT2D eigenvalue weighted by Gasteiger charge is 2.16. The molecule has 0 spiro atoms. The van der Waals surface area contributed by atoms with E-state index in [0.717, 1.165) is 16.9 Å². The number of Topliss-reactive ketones (excluding diaryl/α,β-unsaturated/α-hetero) is 1. The highest BCUT2D eigenvalue weighted by molar-refractivity contribution is 5.95. The van der Waals surface area contributed by atoms with Gasteiger partial charge in [0, 0.05) is 36.1 Å². The molecule has 0 saturated carbocycles. The van der Waals surface area contributed by atoms with Crippen LogP contribution < -0.4 is 10.1 Å². The zero-order chi connectivity index (χ0) is 19.9. The molecule has 3 rings (SSSR count). The van der Waals surface area contributed by atoms with Crippen molar-refractivity contribution in [3.8, 4) is 5.75 Å². The standard InChI is InChI=1S/C21H19N3O4/c1-15(25)18-6-9-20(21(11-18)24(26)27)23-13-16-4-7-19(8-5-16)28-14-17-3-2-10-22-12-17/h2-12,23H,13-14H2,1H3. The Bertz CT molecular complexity index is 973. The van der Waals surface area contributed by atoms with Crippen molar-refractivity contribution in [3.63, 3.8) is 0 Å². The Morgan fingerprint density at radius 3 is 2.57 bits per heavy atom. The summed E-state index contributed by atoms with van der Waals surface area (Å²) in [6.07, 6.45) is 3.46. The van der Waals surface area contributed by atoms with Crippen LogP contribution in [0.15, 0.2) is 67.0 Å². The fourth-order valence-electron chi connectivity index (χ4n) is 2.60. The van der Waals surface area contributed by atoms with Gasteiger partial charge in [-0.3, -0.25) is 19.9 Å². The second kappa shape index (κ2) is 8.77. The Morgan fingerprint density at radius 1 is 1.14 bits per heavy atom. The molecular weight excluding hydrogens is 358 g/mol. The normalized spacial score (nSPS) is 10.3.